The number of carboxylic acids is 1. The van der Waals surface area contributed by atoms with Gasteiger partial charge in [0.05, 0.1) is 16.3 Å². The molecule has 2 N–H and O–H groups in total. The molecule has 0 saturated carbocycles. The van der Waals surface area contributed by atoms with E-state index in [-0.39, 0.29) is 21.2 Å². The largest absolute Gasteiger partial charge is 0.478 e. The number of sulfonamides is 1. The van der Waals surface area contributed by atoms with E-state index in [9.17, 15) is 13.2 Å². The average molecular weight is 346 g/mol. The van der Waals surface area contributed by atoms with Crippen molar-refractivity contribution in [3.8, 4) is 0 Å². The van der Waals surface area contributed by atoms with E-state index in [4.69, 9.17) is 16.7 Å². The van der Waals surface area contributed by atoms with Crippen molar-refractivity contribution in [2.75, 3.05) is 4.72 Å². The highest BCUT2D eigenvalue weighted by atomic mass is 35.5. The fourth-order valence-electron chi connectivity index (χ4n) is 1.84. The molecule has 0 atom stereocenters. The number of benzene rings is 1. The molecule has 0 aliphatic carbocycles. The number of thiophene rings is 1. The number of aryl methyl sites for hydroxylation is 2. The van der Waals surface area contributed by atoms with Crippen molar-refractivity contribution in [3.05, 3.63) is 44.6 Å². The predicted octanol–water partition coefficient (Wildman–Crippen LogP) is 3.52. The molecule has 1 aromatic carbocycles. The Bertz CT molecular complexity index is 812. The quantitative estimate of drug-likeness (QED) is 0.888. The standard InChI is InChI=1S/C13H12ClNO4S2/c1-7-5-12(8(2)20-7)21(18,19)15-9-3-4-10(13(16)17)11(14)6-9/h3-6,15H,1-2H3,(H,16,17). The second-order valence-corrected chi connectivity index (χ2v) is 7.90. The molecular weight excluding hydrogens is 334 g/mol. The first-order valence-corrected chi connectivity index (χ1v) is 8.51. The SMILES string of the molecule is Cc1cc(S(=O)(=O)Nc2ccc(C(=O)O)c(Cl)c2)c(C)s1. The van der Waals surface area contributed by atoms with Gasteiger partial charge in [-0.2, -0.15) is 0 Å². The lowest BCUT2D eigenvalue weighted by Gasteiger charge is -2.09. The van der Waals surface area contributed by atoms with Crippen molar-refractivity contribution in [2.45, 2.75) is 18.7 Å². The van der Waals surface area contributed by atoms with Crippen molar-refractivity contribution < 1.29 is 18.3 Å². The molecule has 0 amide bonds. The lowest BCUT2D eigenvalue weighted by molar-refractivity contribution is 0.0697. The van der Waals surface area contributed by atoms with Gasteiger partial charge in [-0.3, -0.25) is 4.72 Å². The van der Waals surface area contributed by atoms with E-state index in [1.165, 1.54) is 29.5 Å². The van der Waals surface area contributed by atoms with Gasteiger partial charge in [-0.25, -0.2) is 13.2 Å². The molecule has 0 unspecified atom stereocenters. The van der Waals surface area contributed by atoms with Crippen LogP contribution in [0.5, 0.6) is 0 Å². The van der Waals surface area contributed by atoms with Crippen molar-refractivity contribution in [1.82, 2.24) is 0 Å². The topological polar surface area (TPSA) is 83.5 Å². The van der Waals surface area contributed by atoms with Gasteiger partial charge >= 0.3 is 5.97 Å². The third-order valence-electron chi connectivity index (χ3n) is 2.74. The zero-order valence-electron chi connectivity index (χ0n) is 11.2. The summed E-state index contributed by atoms with van der Waals surface area (Å²) in [6.07, 6.45) is 0. The van der Waals surface area contributed by atoms with Crippen LogP contribution >= 0.6 is 22.9 Å². The van der Waals surface area contributed by atoms with Crippen LogP contribution in [0.15, 0.2) is 29.2 Å². The van der Waals surface area contributed by atoms with Gasteiger partial charge in [0.2, 0.25) is 0 Å². The Labute approximate surface area is 131 Å². The van der Waals surface area contributed by atoms with E-state index in [2.05, 4.69) is 4.72 Å². The first kappa shape index (κ1) is 15.8. The monoisotopic (exact) mass is 345 g/mol. The number of halogens is 1. The van der Waals surface area contributed by atoms with Crippen LogP contribution in [0.25, 0.3) is 0 Å². The maximum Gasteiger partial charge on any atom is 0.337 e. The smallest absolute Gasteiger partial charge is 0.337 e. The molecule has 8 heteroatoms. The molecule has 0 radical (unpaired) electrons. The lowest BCUT2D eigenvalue weighted by atomic mass is 10.2. The maximum absolute atomic E-state index is 12.3. The number of carboxylic acid groups (broad SMARTS) is 1. The fourth-order valence-corrected chi connectivity index (χ4v) is 4.70. The highest BCUT2D eigenvalue weighted by Gasteiger charge is 2.20. The van der Waals surface area contributed by atoms with Crippen LogP contribution in [-0.2, 0) is 10.0 Å². The molecule has 0 aliphatic heterocycles. The van der Waals surface area contributed by atoms with Gasteiger partial charge < -0.3 is 5.11 Å². The number of nitrogens with one attached hydrogen (secondary N) is 1. The molecule has 0 aliphatic rings. The molecule has 0 fully saturated rings. The molecular formula is C13H12ClNO4S2. The summed E-state index contributed by atoms with van der Waals surface area (Å²) < 4.78 is 27.0. The van der Waals surface area contributed by atoms with Crippen molar-refractivity contribution in [2.24, 2.45) is 0 Å². The van der Waals surface area contributed by atoms with Gasteiger partial charge in [-0.05, 0) is 38.1 Å². The number of carbonyl (C=O) groups is 1. The average Bonchev–Trinajstić information content (AvgIpc) is 2.68. The predicted molar refractivity (Wildman–Crippen MR) is 83.0 cm³/mol. The molecule has 2 rings (SSSR count). The molecule has 112 valence electrons. The van der Waals surface area contributed by atoms with Crippen LogP contribution in [0.2, 0.25) is 5.02 Å². The third kappa shape index (κ3) is 3.37. The van der Waals surface area contributed by atoms with Crippen LogP contribution < -0.4 is 4.72 Å². The van der Waals surface area contributed by atoms with E-state index < -0.39 is 16.0 Å². The Balaban J connectivity index is 2.35. The van der Waals surface area contributed by atoms with Crippen molar-refractivity contribution >= 4 is 44.6 Å². The minimum absolute atomic E-state index is 0.0269. The van der Waals surface area contributed by atoms with E-state index in [1.807, 2.05) is 6.92 Å². The summed E-state index contributed by atoms with van der Waals surface area (Å²) in [4.78, 5) is 12.7. The number of anilines is 1. The van der Waals surface area contributed by atoms with Crippen LogP contribution in [0.1, 0.15) is 20.1 Å². The van der Waals surface area contributed by atoms with E-state index >= 15 is 0 Å². The number of hydrogen-bond donors (Lipinski definition) is 2. The van der Waals surface area contributed by atoms with Crippen LogP contribution in [-0.4, -0.2) is 19.5 Å². The first-order chi connectivity index (χ1) is 9.70. The van der Waals surface area contributed by atoms with E-state index in [1.54, 1.807) is 13.0 Å². The Morgan fingerprint density at radius 3 is 2.43 bits per heavy atom. The Morgan fingerprint density at radius 1 is 1.29 bits per heavy atom. The van der Waals surface area contributed by atoms with Crippen LogP contribution in [0.3, 0.4) is 0 Å². The van der Waals surface area contributed by atoms with Gasteiger partial charge in [0.25, 0.3) is 10.0 Å². The first-order valence-electron chi connectivity index (χ1n) is 5.83. The fraction of sp³-hybridized carbons (Fsp3) is 0.154. The van der Waals surface area contributed by atoms with E-state index in [0.29, 0.717) is 4.88 Å². The van der Waals surface area contributed by atoms with Gasteiger partial charge in [-0.1, -0.05) is 11.6 Å². The Morgan fingerprint density at radius 2 is 1.95 bits per heavy atom. The lowest BCUT2D eigenvalue weighted by Crippen LogP contribution is -2.13. The molecule has 0 spiro atoms. The summed E-state index contributed by atoms with van der Waals surface area (Å²) in [6.45, 7) is 3.56. The third-order valence-corrected chi connectivity index (χ3v) is 5.65. The van der Waals surface area contributed by atoms with Crippen molar-refractivity contribution in [3.63, 3.8) is 0 Å². The van der Waals surface area contributed by atoms with Gasteiger partial charge in [0.15, 0.2) is 0 Å². The molecule has 1 aromatic heterocycles. The highest BCUT2D eigenvalue weighted by Crippen LogP contribution is 2.28. The number of rotatable bonds is 4. The van der Waals surface area contributed by atoms with Gasteiger partial charge in [-0.15, -0.1) is 11.3 Å². The van der Waals surface area contributed by atoms with Crippen molar-refractivity contribution in [1.29, 1.82) is 0 Å². The number of hydrogen-bond acceptors (Lipinski definition) is 4. The molecule has 0 bridgehead atoms. The summed E-state index contributed by atoms with van der Waals surface area (Å²) in [7, 11) is -3.72. The zero-order valence-corrected chi connectivity index (χ0v) is 13.6. The normalized spacial score (nSPS) is 11.4. The van der Waals surface area contributed by atoms with E-state index in [0.717, 1.165) is 4.88 Å². The Hall–Kier alpha value is -1.57. The van der Waals surface area contributed by atoms with Gasteiger partial charge in [0, 0.05) is 9.75 Å². The van der Waals surface area contributed by atoms with Crippen LogP contribution in [0.4, 0.5) is 5.69 Å². The molecule has 0 saturated heterocycles. The summed E-state index contributed by atoms with van der Waals surface area (Å²) in [5.74, 6) is -1.17. The number of aromatic carboxylic acids is 1. The van der Waals surface area contributed by atoms with Gasteiger partial charge in [0.1, 0.15) is 4.90 Å². The summed E-state index contributed by atoms with van der Waals surface area (Å²) in [5, 5.41) is 8.86. The Kier molecular flexibility index (Phi) is 4.27. The summed E-state index contributed by atoms with van der Waals surface area (Å²) in [6, 6.07) is 5.49. The summed E-state index contributed by atoms with van der Waals surface area (Å²) >= 11 is 7.21. The molecule has 1 heterocycles. The maximum atomic E-state index is 12.3. The molecule has 5 nitrogen and oxygen atoms in total. The molecule has 2 aromatic rings. The van der Waals surface area contributed by atoms with Crippen LogP contribution in [0, 0.1) is 13.8 Å². The summed E-state index contributed by atoms with van der Waals surface area (Å²) in [5.41, 5.74) is 0.135. The zero-order chi connectivity index (χ0) is 15.8. The molecule has 21 heavy (non-hydrogen) atoms. The highest BCUT2D eigenvalue weighted by molar-refractivity contribution is 7.93. The second-order valence-electron chi connectivity index (χ2n) is 4.38. The minimum Gasteiger partial charge on any atom is -0.478 e. The minimum atomic E-state index is -3.72. The second kappa shape index (κ2) is 5.67.